The number of ether oxygens (including phenoxy) is 1. The maximum absolute atomic E-state index is 8.79. The van der Waals surface area contributed by atoms with Crippen LogP contribution in [0.1, 0.15) is 11.6 Å². The molecule has 4 N–H and O–H groups in total. The minimum atomic E-state index is -0.115. The zero-order chi connectivity index (χ0) is 12.0. The highest BCUT2D eigenvalue weighted by Crippen LogP contribution is 2.31. The smallest absolute Gasteiger partial charge is 0.125 e. The Labute approximate surface area is 100 Å². The second-order valence-electron chi connectivity index (χ2n) is 3.32. The van der Waals surface area contributed by atoms with Crippen molar-refractivity contribution in [3.05, 3.63) is 28.8 Å². The Balaban J connectivity index is 2.97. The summed E-state index contributed by atoms with van der Waals surface area (Å²) in [6.45, 7) is 0.916. The monoisotopic (exact) mass is 244 g/mol. The van der Waals surface area contributed by atoms with E-state index < -0.39 is 0 Å². The Bertz CT molecular complexity index is 334. The number of hydrogen-bond donors (Lipinski definition) is 3. The first kappa shape index (κ1) is 13.3. The lowest BCUT2D eigenvalue weighted by Gasteiger charge is -2.20. The fraction of sp³-hybridized carbons (Fsp3) is 0.455. The number of rotatable bonds is 6. The first-order chi connectivity index (χ1) is 7.74. The minimum absolute atomic E-state index is 0.0588. The Morgan fingerprint density at radius 1 is 1.56 bits per heavy atom. The van der Waals surface area contributed by atoms with Crippen LogP contribution in [0.25, 0.3) is 0 Å². The van der Waals surface area contributed by atoms with Crippen molar-refractivity contribution in [3.63, 3.8) is 0 Å². The van der Waals surface area contributed by atoms with Crippen molar-refractivity contribution in [2.75, 3.05) is 26.8 Å². The third kappa shape index (κ3) is 3.09. The van der Waals surface area contributed by atoms with Crippen molar-refractivity contribution in [1.82, 2.24) is 5.32 Å². The first-order valence-corrected chi connectivity index (χ1v) is 5.49. The third-order valence-electron chi connectivity index (χ3n) is 2.32. The normalized spacial score (nSPS) is 12.5. The fourth-order valence-corrected chi connectivity index (χ4v) is 1.87. The number of nitrogens with one attached hydrogen (secondary N) is 1. The van der Waals surface area contributed by atoms with Crippen molar-refractivity contribution in [3.8, 4) is 5.75 Å². The molecule has 0 amide bonds. The van der Waals surface area contributed by atoms with Gasteiger partial charge in [-0.25, -0.2) is 0 Å². The molecule has 1 aromatic carbocycles. The number of hydrogen-bond acceptors (Lipinski definition) is 4. The summed E-state index contributed by atoms with van der Waals surface area (Å²) < 4.78 is 5.25. The molecule has 1 atom stereocenters. The van der Waals surface area contributed by atoms with E-state index in [0.29, 0.717) is 23.9 Å². The molecule has 0 aromatic heterocycles. The van der Waals surface area contributed by atoms with Gasteiger partial charge >= 0.3 is 0 Å². The molecule has 1 aromatic rings. The molecule has 0 fully saturated rings. The second kappa shape index (κ2) is 6.70. The maximum atomic E-state index is 8.79. The average Bonchev–Trinajstić information content (AvgIpc) is 2.31. The van der Waals surface area contributed by atoms with Crippen molar-refractivity contribution in [2.45, 2.75) is 6.04 Å². The van der Waals surface area contributed by atoms with Crippen LogP contribution in [-0.4, -0.2) is 31.9 Å². The van der Waals surface area contributed by atoms with Gasteiger partial charge in [-0.15, -0.1) is 0 Å². The summed E-state index contributed by atoms with van der Waals surface area (Å²) in [6.07, 6.45) is 0. The van der Waals surface area contributed by atoms with Crippen LogP contribution in [0, 0.1) is 0 Å². The summed E-state index contributed by atoms with van der Waals surface area (Å²) in [7, 11) is 1.59. The van der Waals surface area contributed by atoms with Gasteiger partial charge in [0.2, 0.25) is 0 Å². The summed E-state index contributed by atoms with van der Waals surface area (Å²) in [5, 5.41) is 12.5. The van der Waals surface area contributed by atoms with E-state index >= 15 is 0 Å². The van der Waals surface area contributed by atoms with E-state index in [4.69, 9.17) is 27.2 Å². The van der Waals surface area contributed by atoms with Gasteiger partial charge < -0.3 is 20.9 Å². The highest BCUT2D eigenvalue weighted by molar-refractivity contribution is 6.31. The zero-order valence-corrected chi connectivity index (χ0v) is 10.00. The van der Waals surface area contributed by atoms with Gasteiger partial charge in [0.1, 0.15) is 5.75 Å². The maximum Gasteiger partial charge on any atom is 0.125 e. The second-order valence-corrected chi connectivity index (χ2v) is 3.73. The van der Waals surface area contributed by atoms with Crippen LogP contribution in [0.15, 0.2) is 18.2 Å². The van der Waals surface area contributed by atoms with Crippen molar-refractivity contribution in [2.24, 2.45) is 5.73 Å². The number of aliphatic hydroxyl groups excluding tert-OH is 1. The molecule has 1 unspecified atom stereocenters. The molecular weight excluding hydrogens is 228 g/mol. The average molecular weight is 245 g/mol. The van der Waals surface area contributed by atoms with Gasteiger partial charge in [0, 0.05) is 29.7 Å². The number of nitrogens with two attached hydrogens (primary N) is 1. The molecule has 0 heterocycles. The van der Waals surface area contributed by atoms with Crippen LogP contribution >= 0.6 is 11.6 Å². The molecule has 0 saturated carbocycles. The quantitative estimate of drug-likeness (QED) is 0.697. The number of methoxy groups -OCH3 is 1. The van der Waals surface area contributed by atoms with E-state index in [2.05, 4.69) is 5.32 Å². The Morgan fingerprint density at radius 2 is 2.31 bits per heavy atom. The van der Waals surface area contributed by atoms with Crippen molar-refractivity contribution >= 4 is 11.6 Å². The van der Waals surface area contributed by atoms with Gasteiger partial charge in [0.05, 0.1) is 13.7 Å². The van der Waals surface area contributed by atoms with Crippen LogP contribution < -0.4 is 15.8 Å². The SMILES string of the molecule is COc1cccc(Cl)c1C(CN)NCCO. The molecule has 0 radical (unpaired) electrons. The van der Waals surface area contributed by atoms with E-state index in [1.54, 1.807) is 13.2 Å². The van der Waals surface area contributed by atoms with E-state index in [-0.39, 0.29) is 12.6 Å². The van der Waals surface area contributed by atoms with E-state index in [9.17, 15) is 0 Å². The molecule has 0 bridgehead atoms. The van der Waals surface area contributed by atoms with Gasteiger partial charge in [-0.1, -0.05) is 17.7 Å². The predicted molar refractivity (Wildman–Crippen MR) is 64.9 cm³/mol. The highest BCUT2D eigenvalue weighted by atomic mass is 35.5. The summed E-state index contributed by atoms with van der Waals surface area (Å²) in [5.41, 5.74) is 6.52. The zero-order valence-electron chi connectivity index (χ0n) is 9.24. The van der Waals surface area contributed by atoms with Crippen LogP contribution in [0.3, 0.4) is 0 Å². The summed E-state index contributed by atoms with van der Waals surface area (Å²) in [6, 6.07) is 5.34. The van der Waals surface area contributed by atoms with E-state index in [1.165, 1.54) is 0 Å². The number of aliphatic hydroxyl groups is 1. The lowest BCUT2D eigenvalue weighted by Crippen LogP contribution is -2.30. The topological polar surface area (TPSA) is 67.5 Å². The number of benzene rings is 1. The summed E-state index contributed by atoms with van der Waals surface area (Å²) >= 11 is 6.12. The minimum Gasteiger partial charge on any atom is -0.496 e. The summed E-state index contributed by atoms with van der Waals surface area (Å²) in [4.78, 5) is 0. The van der Waals surface area contributed by atoms with Crippen LogP contribution in [0.4, 0.5) is 0 Å². The molecule has 90 valence electrons. The summed E-state index contributed by atoms with van der Waals surface area (Å²) in [5.74, 6) is 0.702. The molecule has 16 heavy (non-hydrogen) atoms. The van der Waals surface area contributed by atoms with E-state index in [0.717, 1.165) is 5.56 Å². The first-order valence-electron chi connectivity index (χ1n) is 5.11. The van der Waals surface area contributed by atoms with Gasteiger partial charge in [0.15, 0.2) is 0 Å². The molecule has 1 rings (SSSR count). The Morgan fingerprint density at radius 3 is 2.88 bits per heavy atom. The van der Waals surface area contributed by atoms with Crippen molar-refractivity contribution < 1.29 is 9.84 Å². The number of halogens is 1. The van der Waals surface area contributed by atoms with Crippen LogP contribution in [0.2, 0.25) is 5.02 Å². The standard InChI is InChI=1S/C11H17ClN2O2/c1-16-10-4-2-3-8(12)11(10)9(7-13)14-5-6-15/h2-4,9,14-15H,5-7,13H2,1H3. The van der Waals surface area contributed by atoms with Crippen LogP contribution in [-0.2, 0) is 0 Å². The highest BCUT2D eigenvalue weighted by Gasteiger charge is 2.17. The molecule has 0 spiro atoms. The molecular formula is C11H17ClN2O2. The van der Waals surface area contributed by atoms with Gasteiger partial charge in [-0.2, -0.15) is 0 Å². The third-order valence-corrected chi connectivity index (χ3v) is 2.65. The predicted octanol–water partition coefficient (Wildman–Crippen LogP) is 0.930. The van der Waals surface area contributed by atoms with Crippen molar-refractivity contribution in [1.29, 1.82) is 0 Å². The Hall–Kier alpha value is -0.810. The molecule has 0 aliphatic heterocycles. The lowest BCUT2D eigenvalue weighted by molar-refractivity contribution is 0.284. The molecule has 0 saturated heterocycles. The largest absolute Gasteiger partial charge is 0.496 e. The molecule has 0 aliphatic rings. The molecule has 0 aliphatic carbocycles. The fourth-order valence-electron chi connectivity index (χ4n) is 1.58. The van der Waals surface area contributed by atoms with Gasteiger partial charge in [-0.3, -0.25) is 0 Å². The van der Waals surface area contributed by atoms with Gasteiger partial charge in [0.25, 0.3) is 0 Å². The molecule has 5 heteroatoms. The Kier molecular flexibility index (Phi) is 5.55. The van der Waals surface area contributed by atoms with E-state index in [1.807, 2.05) is 12.1 Å². The molecule has 4 nitrogen and oxygen atoms in total. The lowest BCUT2D eigenvalue weighted by atomic mass is 10.1. The van der Waals surface area contributed by atoms with Crippen LogP contribution in [0.5, 0.6) is 5.75 Å². The van der Waals surface area contributed by atoms with Gasteiger partial charge in [-0.05, 0) is 12.1 Å².